The number of ether oxygens (including phenoxy) is 2. The number of rotatable bonds is 7. The molecule has 0 aliphatic rings. The molecule has 0 amide bonds. The molecular formula is C25H26Cl2N4O2. The number of halogens is 2. The van der Waals surface area contributed by atoms with Crippen molar-refractivity contribution in [3.05, 3.63) is 69.1 Å². The average Bonchev–Trinajstić information content (AvgIpc) is 3.07. The summed E-state index contributed by atoms with van der Waals surface area (Å²) in [5.74, 6) is 2.22. The lowest BCUT2D eigenvalue weighted by atomic mass is 10.1. The third-order valence-electron chi connectivity index (χ3n) is 5.69. The molecule has 0 radical (unpaired) electrons. The molecule has 4 rings (SSSR count). The van der Waals surface area contributed by atoms with E-state index in [1.165, 1.54) is 0 Å². The molecule has 0 fully saturated rings. The Balaban J connectivity index is 1.81. The monoisotopic (exact) mass is 484 g/mol. The first-order chi connectivity index (χ1) is 15.8. The largest absolute Gasteiger partial charge is 0.494 e. The molecule has 2 aromatic heterocycles. The van der Waals surface area contributed by atoms with Gasteiger partial charge in [0.15, 0.2) is 5.82 Å². The van der Waals surface area contributed by atoms with Crippen molar-refractivity contribution in [1.29, 1.82) is 0 Å². The summed E-state index contributed by atoms with van der Waals surface area (Å²) in [7, 11) is 1.67. The fourth-order valence-electron chi connectivity index (χ4n) is 4.21. The van der Waals surface area contributed by atoms with E-state index < -0.39 is 0 Å². The van der Waals surface area contributed by atoms with Crippen LogP contribution in [0, 0.1) is 20.8 Å². The van der Waals surface area contributed by atoms with Gasteiger partial charge in [-0.15, -0.1) is 5.10 Å². The van der Waals surface area contributed by atoms with Gasteiger partial charge in [0.05, 0.1) is 35.1 Å². The number of aromatic nitrogens is 3. The Morgan fingerprint density at radius 3 is 2.39 bits per heavy atom. The van der Waals surface area contributed by atoms with Crippen LogP contribution < -0.4 is 14.8 Å². The van der Waals surface area contributed by atoms with Crippen molar-refractivity contribution in [2.75, 3.05) is 19.0 Å². The van der Waals surface area contributed by atoms with Crippen LogP contribution in [0.4, 0.5) is 5.82 Å². The summed E-state index contributed by atoms with van der Waals surface area (Å²) in [6, 6.07) is 11.5. The van der Waals surface area contributed by atoms with Crippen LogP contribution >= 0.6 is 23.2 Å². The summed E-state index contributed by atoms with van der Waals surface area (Å²) in [4.78, 5) is 0. The molecule has 4 aromatic rings. The zero-order valence-electron chi connectivity index (χ0n) is 19.3. The molecule has 0 aliphatic heterocycles. The Bertz CT molecular complexity index is 1330. The second-order valence-electron chi connectivity index (χ2n) is 7.76. The zero-order chi connectivity index (χ0) is 23.7. The average molecular weight is 485 g/mol. The van der Waals surface area contributed by atoms with Crippen LogP contribution in [0.15, 0.2) is 36.4 Å². The Morgan fingerprint density at radius 1 is 0.939 bits per heavy atom. The van der Waals surface area contributed by atoms with Gasteiger partial charge in [-0.05, 0) is 57.5 Å². The van der Waals surface area contributed by atoms with Crippen molar-refractivity contribution >= 4 is 39.8 Å². The van der Waals surface area contributed by atoms with Crippen LogP contribution in [0.1, 0.15) is 29.6 Å². The number of nitrogens with zero attached hydrogens (tertiary/aromatic N) is 3. The first-order valence-electron chi connectivity index (χ1n) is 10.7. The molecule has 0 spiro atoms. The molecule has 2 aromatic carbocycles. The van der Waals surface area contributed by atoms with Gasteiger partial charge in [-0.25, -0.2) is 0 Å². The van der Waals surface area contributed by atoms with Gasteiger partial charge in [0.25, 0.3) is 0 Å². The number of hydrogen-bond acceptors (Lipinski definition) is 5. The normalized spacial score (nSPS) is 11.1. The van der Waals surface area contributed by atoms with Crippen molar-refractivity contribution in [1.82, 2.24) is 14.8 Å². The van der Waals surface area contributed by atoms with E-state index >= 15 is 0 Å². The van der Waals surface area contributed by atoms with Gasteiger partial charge in [0.2, 0.25) is 0 Å². The third kappa shape index (κ3) is 4.33. The minimum absolute atomic E-state index is 0.525. The van der Waals surface area contributed by atoms with Crippen LogP contribution in [0.2, 0.25) is 10.0 Å². The lowest BCUT2D eigenvalue weighted by molar-refractivity contribution is 0.336. The Hall–Kier alpha value is -2.96. The van der Waals surface area contributed by atoms with Crippen molar-refractivity contribution in [3.63, 3.8) is 0 Å². The minimum atomic E-state index is 0.525. The molecule has 0 bridgehead atoms. The van der Waals surface area contributed by atoms with Gasteiger partial charge in [0, 0.05) is 34.8 Å². The SMILES string of the molecule is CCOc1ccc(-n2c(C)c3c(C)nnc(NCc4ccc(Cl)c(Cl)c4)c3c2C)c(OC)c1. The molecule has 2 heterocycles. The summed E-state index contributed by atoms with van der Waals surface area (Å²) in [5, 5.41) is 15.5. The van der Waals surface area contributed by atoms with Crippen LogP contribution in [0.5, 0.6) is 11.5 Å². The maximum absolute atomic E-state index is 6.18. The summed E-state index contributed by atoms with van der Waals surface area (Å²) >= 11 is 12.2. The Labute approximate surface area is 203 Å². The molecule has 0 unspecified atom stereocenters. The maximum atomic E-state index is 6.18. The smallest absolute Gasteiger partial charge is 0.158 e. The minimum Gasteiger partial charge on any atom is -0.494 e. The predicted octanol–water partition coefficient (Wildman–Crippen LogP) is 6.67. The lowest BCUT2D eigenvalue weighted by Crippen LogP contribution is -2.04. The quantitative estimate of drug-likeness (QED) is 0.317. The van der Waals surface area contributed by atoms with Gasteiger partial charge >= 0.3 is 0 Å². The van der Waals surface area contributed by atoms with Crippen LogP contribution in [-0.2, 0) is 6.54 Å². The number of fused-ring (bicyclic) bond motifs is 1. The molecule has 6 nitrogen and oxygen atoms in total. The van der Waals surface area contributed by atoms with Gasteiger partial charge in [-0.2, -0.15) is 5.10 Å². The maximum Gasteiger partial charge on any atom is 0.158 e. The zero-order valence-corrected chi connectivity index (χ0v) is 20.8. The molecule has 0 saturated heterocycles. The molecule has 8 heteroatoms. The van der Waals surface area contributed by atoms with E-state index in [1.807, 2.05) is 44.2 Å². The standard InChI is InChI=1S/C25H26Cl2N4O2/c1-6-33-18-8-10-21(22(12-18)32-5)31-15(3)23-14(2)29-30-25(24(23)16(31)4)28-13-17-7-9-19(26)20(27)11-17/h7-12H,6,13H2,1-5H3,(H,28,30). The van der Waals surface area contributed by atoms with E-state index in [0.717, 1.165) is 50.6 Å². The van der Waals surface area contributed by atoms with E-state index in [2.05, 4.69) is 33.9 Å². The number of methoxy groups -OCH3 is 1. The third-order valence-corrected chi connectivity index (χ3v) is 6.43. The molecule has 1 N–H and O–H groups in total. The molecule has 33 heavy (non-hydrogen) atoms. The van der Waals surface area contributed by atoms with E-state index in [-0.39, 0.29) is 0 Å². The summed E-state index contributed by atoms with van der Waals surface area (Å²) in [6.07, 6.45) is 0. The lowest BCUT2D eigenvalue weighted by Gasteiger charge is -2.15. The highest BCUT2D eigenvalue weighted by molar-refractivity contribution is 6.42. The highest BCUT2D eigenvalue weighted by atomic mass is 35.5. The fraction of sp³-hybridized carbons (Fsp3) is 0.280. The number of aryl methyl sites for hydroxylation is 3. The van der Waals surface area contributed by atoms with E-state index in [4.69, 9.17) is 32.7 Å². The summed E-state index contributed by atoms with van der Waals surface area (Å²) < 4.78 is 13.5. The highest BCUT2D eigenvalue weighted by Crippen LogP contribution is 2.37. The Morgan fingerprint density at radius 2 is 1.70 bits per heavy atom. The molecule has 0 aliphatic carbocycles. The van der Waals surface area contributed by atoms with Gasteiger partial charge < -0.3 is 19.4 Å². The van der Waals surface area contributed by atoms with Gasteiger partial charge in [-0.3, -0.25) is 0 Å². The van der Waals surface area contributed by atoms with E-state index in [0.29, 0.717) is 29.0 Å². The highest BCUT2D eigenvalue weighted by Gasteiger charge is 2.21. The second-order valence-corrected chi connectivity index (χ2v) is 8.57. The first-order valence-corrected chi connectivity index (χ1v) is 11.4. The van der Waals surface area contributed by atoms with Crippen molar-refractivity contribution in [2.24, 2.45) is 0 Å². The van der Waals surface area contributed by atoms with E-state index in [9.17, 15) is 0 Å². The molecular weight excluding hydrogens is 459 g/mol. The number of hydrogen-bond donors (Lipinski definition) is 1. The fourth-order valence-corrected chi connectivity index (χ4v) is 4.53. The number of benzene rings is 2. The van der Waals surface area contributed by atoms with Crippen molar-refractivity contribution in [3.8, 4) is 17.2 Å². The molecule has 0 saturated carbocycles. The topological polar surface area (TPSA) is 61.2 Å². The van der Waals surface area contributed by atoms with E-state index in [1.54, 1.807) is 13.2 Å². The summed E-state index contributed by atoms with van der Waals surface area (Å²) in [5.41, 5.74) is 4.91. The molecule has 172 valence electrons. The first kappa shape index (κ1) is 23.2. The van der Waals surface area contributed by atoms with Crippen LogP contribution in [-0.4, -0.2) is 28.5 Å². The van der Waals surface area contributed by atoms with Crippen molar-refractivity contribution < 1.29 is 9.47 Å². The summed E-state index contributed by atoms with van der Waals surface area (Å²) in [6.45, 7) is 9.24. The Kier molecular flexibility index (Phi) is 6.68. The van der Waals surface area contributed by atoms with Crippen LogP contribution in [0.3, 0.4) is 0 Å². The number of nitrogens with one attached hydrogen (secondary N) is 1. The van der Waals surface area contributed by atoms with Gasteiger partial charge in [0.1, 0.15) is 11.5 Å². The van der Waals surface area contributed by atoms with Crippen molar-refractivity contribution in [2.45, 2.75) is 34.2 Å². The van der Waals surface area contributed by atoms with Gasteiger partial charge in [-0.1, -0.05) is 29.3 Å². The number of anilines is 1. The van der Waals surface area contributed by atoms with Crippen LogP contribution in [0.25, 0.3) is 16.5 Å². The predicted molar refractivity (Wildman–Crippen MR) is 135 cm³/mol. The second kappa shape index (κ2) is 9.49. The molecule has 0 atom stereocenters.